The standard InChI is InChI=1S/C14H24N2O2/c1-4-5-6-7-8-9-13-15(3)12(2)10-16(13)11-14(17)18/h10H,4-9,11H2,1-3H3. The predicted molar refractivity (Wildman–Crippen MR) is 67.8 cm³/mol. The number of carboxylic acid groups (broad SMARTS) is 1. The molecular formula is C14H24N2O2. The Labute approximate surface area is 109 Å². The van der Waals surface area contributed by atoms with Crippen molar-refractivity contribution in [2.24, 2.45) is 7.05 Å². The number of rotatable bonds is 8. The summed E-state index contributed by atoms with van der Waals surface area (Å²) in [7, 11) is 1.99. The number of carboxylic acids is 1. The number of hydrogen-bond acceptors (Lipinski definition) is 2. The molecule has 4 nitrogen and oxygen atoms in total. The van der Waals surface area contributed by atoms with E-state index in [0.717, 1.165) is 24.4 Å². The van der Waals surface area contributed by atoms with E-state index in [1.807, 2.05) is 20.2 Å². The van der Waals surface area contributed by atoms with Crippen molar-refractivity contribution in [3.05, 3.63) is 17.7 Å². The first-order chi connectivity index (χ1) is 8.56. The monoisotopic (exact) mass is 252 g/mol. The molecule has 1 rings (SSSR count). The highest BCUT2D eigenvalue weighted by atomic mass is 16.4. The third kappa shape index (κ3) is 4.17. The first-order valence-electron chi connectivity index (χ1n) is 6.80. The van der Waals surface area contributed by atoms with Crippen LogP contribution in [0.15, 0.2) is 6.20 Å². The zero-order valence-corrected chi connectivity index (χ0v) is 11.7. The van der Waals surface area contributed by atoms with Crippen molar-refractivity contribution in [2.45, 2.75) is 58.9 Å². The summed E-state index contributed by atoms with van der Waals surface area (Å²) in [6, 6.07) is 0. The number of nitrogens with zero attached hydrogens (tertiary/aromatic N) is 2. The third-order valence-electron chi connectivity index (χ3n) is 3.39. The summed E-state index contributed by atoms with van der Waals surface area (Å²) in [5, 5.41) is 10.7. The second kappa shape index (κ2) is 7.19. The predicted octanol–water partition coefficient (Wildman–Crippen LogP) is 0.884. The number of carbonyl (C=O) groups excluding carboxylic acids is 1. The Morgan fingerprint density at radius 2 is 2.00 bits per heavy atom. The van der Waals surface area contributed by atoms with Crippen LogP contribution >= 0.6 is 0 Å². The highest BCUT2D eigenvalue weighted by Gasteiger charge is 2.17. The number of aromatic nitrogens is 2. The van der Waals surface area contributed by atoms with E-state index in [1.165, 1.54) is 25.7 Å². The van der Waals surface area contributed by atoms with Gasteiger partial charge in [-0.25, -0.2) is 9.13 Å². The first kappa shape index (κ1) is 14.7. The topological polar surface area (TPSA) is 48.9 Å². The van der Waals surface area contributed by atoms with Crippen molar-refractivity contribution in [3.8, 4) is 0 Å². The van der Waals surface area contributed by atoms with Gasteiger partial charge in [0.15, 0.2) is 0 Å². The molecule has 0 spiro atoms. The lowest BCUT2D eigenvalue weighted by molar-refractivity contribution is -0.697. The van der Waals surface area contributed by atoms with Gasteiger partial charge in [-0.15, -0.1) is 0 Å². The van der Waals surface area contributed by atoms with Crippen molar-refractivity contribution in [1.29, 1.82) is 0 Å². The van der Waals surface area contributed by atoms with Gasteiger partial charge < -0.3 is 9.90 Å². The Morgan fingerprint density at radius 3 is 2.61 bits per heavy atom. The molecule has 0 unspecified atom stereocenters. The Balaban J connectivity index is 2.59. The average Bonchev–Trinajstić information content (AvgIpc) is 2.55. The summed E-state index contributed by atoms with van der Waals surface area (Å²) in [6.45, 7) is 4.15. The summed E-state index contributed by atoms with van der Waals surface area (Å²) in [4.78, 5) is 10.7. The molecule has 18 heavy (non-hydrogen) atoms. The maximum atomic E-state index is 10.7. The molecule has 0 N–H and O–H groups in total. The van der Waals surface area contributed by atoms with Gasteiger partial charge in [0.2, 0.25) is 0 Å². The van der Waals surface area contributed by atoms with E-state index in [2.05, 4.69) is 11.5 Å². The van der Waals surface area contributed by atoms with Crippen LogP contribution < -0.4 is 9.67 Å². The largest absolute Gasteiger partial charge is 0.546 e. The van der Waals surface area contributed by atoms with E-state index in [0.29, 0.717) is 0 Å². The quantitative estimate of drug-likeness (QED) is 0.509. The van der Waals surface area contributed by atoms with Crippen LogP contribution in [0.3, 0.4) is 0 Å². The van der Waals surface area contributed by atoms with E-state index in [9.17, 15) is 9.90 Å². The zero-order chi connectivity index (χ0) is 13.5. The van der Waals surface area contributed by atoms with Gasteiger partial charge >= 0.3 is 0 Å². The maximum Gasteiger partial charge on any atom is 0.256 e. The van der Waals surface area contributed by atoms with Crippen LogP contribution in [0.5, 0.6) is 0 Å². The van der Waals surface area contributed by atoms with Crippen molar-refractivity contribution in [2.75, 3.05) is 0 Å². The smallest absolute Gasteiger partial charge is 0.256 e. The van der Waals surface area contributed by atoms with E-state index in [4.69, 9.17) is 0 Å². The van der Waals surface area contributed by atoms with Gasteiger partial charge in [0.1, 0.15) is 18.4 Å². The minimum absolute atomic E-state index is 0.0496. The lowest BCUT2D eigenvalue weighted by Gasteiger charge is -2.04. The molecule has 1 heterocycles. The molecule has 0 saturated carbocycles. The molecule has 0 atom stereocenters. The molecule has 0 aromatic carbocycles. The summed E-state index contributed by atoms with van der Waals surface area (Å²) in [5.74, 6) is 0.0473. The molecular weight excluding hydrogens is 228 g/mol. The minimum Gasteiger partial charge on any atom is -0.546 e. The summed E-state index contributed by atoms with van der Waals surface area (Å²) >= 11 is 0. The number of carbonyl (C=O) groups is 1. The van der Waals surface area contributed by atoms with E-state index in [1.54, 1.807) is 4.57 Å². The van der Waals surface area contributed by atoms with Gasteiger partial charge in [0.25, 0.3) is 5.82 Å². The van der Waals surface area contributed by atoms with Crippen LogP contribution in [0.2, 0.25) is 0 Å². The van der Waals surface area contributed by atoms with E-state index < -0.39 is 5.97 Å². The average molecular weight is 252 g/mol. The Morgan fingerprint density at radius 1 is 1.33 bits per heavy atom. The Hall–Kier alpha value is -1.32. The van der Waals surface area contributed by atoms with Crippen molar-refractivity contribution in [3.63, 3.8) is 0 Å². The lowest BCUT2D eigenvalue weighted by Crippen LogP contribution is -2.45. The minimum atomic E-state index is -1.03. The Bertz CT molecular complexity index is 397. The number of imidazole rings is 1. The van der Waals surface area contributed by atoms with Crippen molar-refractivity contribution < 1.29 is 14.5 Å². The van der Waals surface area contributed by atoms with Gasteiger partial charge in [-0.2, -0.15) is 0 Å². The van der Waals surface area contributed by atoms with Crippen LogP contribution in [0.1, 0.15) is 50.5 Å². The highest BCUT2D eigenvalue weighted by Crippen LogP contribution is 2.08. The molecule has 0 fully saturated rings. The number of hydrogen-bond donors (Lipinski definition) is 0. The molecule has 102 valence electrons. The van der Waals surface area contributed by atoms with Crippen LogP contribution in [-0.2, 0) is 24.8 Å². The van der Waals surface area contributed by atoms with Crippen molar-refractivity contribution >= 4 is 5.97 Å². The molecule has 1 aromatic heterocycles. The van der Waals surface area contributed by atoms with Crippen LogP contribution in [-0.4, -0.2) is 10.5 Å². The lowest BCUT2D eigenvalue weighted by atomic mass is 10.1. The van der Waals surface area contributed by atoms with Crippen LogP contribution in [0.4, 0.5) is 0 Å². The molecule has 0 amide bonds. The van der Waals surface area contributed by atoms with E-state index in [-0.39, 0.29) is 6.54 Å². The second-order valence-electron chi connectivity index (χ2n) is 4.91. The molecule has 0 radical (unpaired) electrons. The summed E-state index contributed by atoms with van der Waals surface area (Å²) < 4.78 is 3.87. The molecule has 0 saturated heterocycles. The van der Waals surface area contributed by atoms with Crippen LogP contribution in [0, 0.1) is 6.92 Å². The molecule has 1 aromatic rings. The van der Waals surface area contributed by atoms with Gasteiger partial charge in [0, 0.05) is 13.3 Å². The van der Waals surface area contributed by atoms with Gasteiger partial charge in [-0.1, -0.05) is 32.6 Å². The first-order valence-corrected chi connectivity index (χ1v) is 6.80. The summed E-state index contributed by atoms with van der Waals surface area (Å²) in [6.07, 6.45) is 8.94. The highest BCUT2D eigenvalue weighted by molar-refractivity contribution is 5.62. The second-order valence-corrected chi connectivity index (χ2v) is 4.91. The number of unbranched alkanes of at least 4 members (excludes halogenated alkanes) is 4. The van der Waals surface area contributed by atoms with Gasteiger partial charge in [-0.3, -0.25) is 0 Å². The number of aryl methyl sites for hydroxylation is 1. The maximum absolute atomic E-state index is 10.7. The molecule has 0 aliphatic heterocycles. The number of aliphatic carboxylic acids is 1. The van der Waals surface area contributed by atoms with Gasteiger partial charge in [0.05, 0.1) is 13.0 Å². The van der Waals surface area contributed by atoms with Crippen molar-refractivity contribution in [1.82, 2.24) is 4.57 Å². The fourth-order valence-corrected chi connectivity index (χ4v) is 2.26. The fraction of sp³-hybridized carbons (Fsp3) is 0.714. The van der Waals surface area contributed by atoms with Gasteiger partial charge in [-0.05, 0) is 6.42 Å². The normalized spacial score (nSPS) is 10.8. The molecule has 0 aliphatic carbocycles. The van der Waals surface area contributed by atoms with Crippen LogP contribution in [0.25, 0.3) is 0 Å². The molecule has 0 aliphatic rings. The van der Waals surface area contributed by atoms with E-state index >= 15 is 0 Å². The summed E-state index contributed by atoms with van der Waals surface area (Å²) in [5.41, 5.74) is 1.08. The molecule has 0 bridgehead atoms. The Kier molecular flexibility index (Phi) is 5.89. The fourth-order valence-electron chi connectivity index (χ4n) is 2.26. The third-order valence-corrected chi connectivity index (χ3v) is 3.39. The SMILES string of the molecule is CCCCCCCc1n(C)c(C)c[n+]1CC(=O)[O-]. The molecule has 4 heteroatoms. The zero-order valence-electron chi connectivity index (χ0n) is 11.7.